The van der Waals surface area contributed by atoms with Gasteiger partial charge in [0.25, 0.3) is 5.56 Å². The van der Waals surface area contributed by atoms with Crippen LogP contribution in [-0.2, 0) is 0 Å². The van der Waals surface area contributed by atoms with Gasteiger partial charge in [-0.05, 0) is 26.3 Å². The van der Waals surface area contributed by atoms with E-state index in [0.29, 0.717) is 6.04 Å². The molecule has 1 aliphatic rings. The highest BCUT2D eigenvalue weighted by Crippen LogP contribution is 2.19. The summed E-state index contributed by atoms with van der Waals surface area (Å²) in [6.45, 7) is 3.08. The lowest BCUT2D eigenvalue weighted by molar-refractivity contribution is 0.164. The first-order chi connectivity index (χ1) is 6.27. The lowest BCUT2D eigenvalue weighted by Crippen LogP contribution is -2.38. The molecule has 4 heteroatoms. The van der Waals surface area contributed by atoms with E-state index in [1.165, 1.54) is 17.1 Å². The summed E-state index contributed by atoms with van der Waals surface area (Å²) in [5.41, 5.74) is -0.0286. The maximum absolute atomic E-state index is 11.3. The molecule has 4 nitrogen and oxygen atoms in total. The number of piperidine rings is 1. The van der Waals surface area contributed by atoms with Crippen LogP contribution in [0.15, 0.2) is 21.6 Å². The summed E-state index contributed by atoms with van der Waals surface area (Å²) in [5.74, 6) is 0. The maximum Gasteiger partial charge on any atom is 0.282 e. The van der Waals surface area contributed by atoms with Gasteiger partial charge in [0.2, 0.25) is 0 Å². The van der Waals surface area contributed by atoms with Crippen LogP contribution in [0.3, 0.4) is 0 Å². The van der Waals surface area contributed by atoms with E-state index in [2.05, 4.69) is 12.2 Å². The number of rotatable bonds is 1. The number of nitrogens with zero attached hydrogens (tertiary/aromatic N) is 1. The van der Waals surface area contributed by atoms with Crippen LogP contribution in [0, 0.1) is 0 Å². The Balaban J connectivity index is 2.17. The van der Waals surface area contributed by atoms with Gasteiger partial charge in [-0.1, -0.05) is 0 Å². The van der Waals surface area contributed by atoms with Gasteiger partial charge in [0, 0.05) is 12.1 Å². The summed E-state index contributed by atoms with van der Waals surface area (Å²) < 4.78 is 6.61. The number of nitrogens with one attached hydrogen (secondary N) is 1. The quantitative estimate of drug-likeness (QED) is 0.697. The molecule has 13 heavy (non-hydrogen) atoms. The van der Waals surface area contributed by atoms with Gasteiger partial charge in [-0.2, -0.15) is 4.74 Å². The Labute approximate surface area is 76.5 Å². The van der Waals surface area contributed by atoms with E-state index in [-0.39, 0.29) is 11.6 Å². The molecular formula is C9H14N2O2. The van der Waals surface area contributed by atoms with Crippen LogP contribution in [0.25, 0.3) is 0 Å². The van der Waals surface area contributed by atoms with Crippen molar-refractivity contribution in [3.8, 4) is 0 Å². The van der Waals surface area contributed by atoms with Gasteiger partial charge in [0.15, 0.2) is 0 Å². The lowest BCUT2D eigenvalue weighted by atomic mass is 10.0. The molecule has 2 atom stereocenters. The Bertz CT molecular complexity index is 328. The first kappa shape index (κ1) is 8.56. The molecule has 0 saturated carbocycles. The number of aromatic nitrogens is 1. The third kappa shape index (κ3) is 1.67. The summed E-state index contributed by atoms with van der Waals surface area (Å²) in [4.78, 5) is 11.3. The Morgan fingerprint density at radius 2 is 2.54 bits per heavy atom. The molecular weight excluding hydrogens is 168 g/mol. The van der Waals surface area contributed by atoms with Crippen molar-refractivity contribution in [1.29, 1.82) is 0 Å². The molecule has 0 spiro atoms. The average Bonchev–Trinajstić information content (AvgIpc) is 2.51. The van der Waals surface area contributed by atoms with Crippen LogP contribution in [0.5, 0.6) is 0 Å². The second-order valence-electron chi connectivity index (χ2n) is 3.61. The summed E-state index contributed by atoms with van der Waals surface area (Å²) in [7, 11) is 0. The largest absolute Gasteiger partial charge is 0.384 e. The SMILES string of the molecule is C[C@@H]1C[C@@H](n2occc2=O)CCN1. The van der Waals surface area contributed by atoms with Crippen LogP contribution in [-0.4, -0.2) is 17.3 Å². The van der Waals surface area contributed by atoms with Gasteiger partial charge >= 0.3 is 0 Å². The van der Waals surface area contributed by atoms with Crippen molar-refractivity contribution in [2.24, 2.45) is 0 Å². The fourth-order valence-electron chi connectivity index (χ4n) is 1.86. The van der Waals surface area contributed by atoms with Gasteiger partial charge in [-0.15, -0.1) is 0 Å². The van der Waals surface area contributed by atoms with E-state index in [9.17, 15) is 4.79 Å². The molecule has 1 fully saturated rings. The minimum absolute atomic E-state index is 0.0286. The molecule has 1 aromatic heterocycles. The fraction of sp³-hybridized carbons (Fsp3) is 0.667. The van der Waals surface area contributed by atoms with Crippen LogP contribution < -0.4 is 10.9 Å². The molecule has 0 aromatic carbocycles. The van der Waals surface area contributed by atoms with E-state index < -0.39 is 0 Å². The monoisotopic (exact) mass is 182 g/mol. The van der Waals surface area contributed by atoms with Crippen LogP contribution in [0.2, 0.25) is 0 Å². The molecule has 0 unspecified atom stereocenters. The first-order valence-electron chi connectivity index (χ1n) is 4.67. The van der Waals surface area contributed by atoms with Gasteiger partial charge < -0.3 is 9.84 Å². The Hall–Kier alpha value is -1.03. The predicted molar refractivity (Wildman–Crippen MR) is 48.7 cm³/mol. The molecule has 72 valence electrons. The average molecular weight is 182 g/mol. The summed E-state index contributed by atoms with van der Waals surface area (Å²) >= 11 is 0. The molecule has 0 bridgehead atoms. The highest BCUT2D eigenvalue weighted by atomic mass is 16.5. The second-order valence-corrected chi connectivity index (χ2v) is 3.61. The van der Waals surface area contributed by atoms with Crippen molar-refractivity contribution < 1.29 is 4.52 Å². The van der Waals surface area contributed by atoms with Crippen LogP contribution in [0.1, 0.15) is 25.8 Å². The van der Waals surface area contributed by atoms with Crippen molar-refractivity contribution in [3.63, 3.8) is 0 Å². The minimum Gasteiger partial charge on any atom is -0.384 e. The zero-order chi connectivity index (χ0) is 9.26. The van der Waals surface area contributed by atoms with Gasteiger partial charge in [-0.3, -0.25) is 4.79 Å². The van der Waals surface area contributed by atoms with E-state index >= 15 is 0 Å². The van der Waals surface area contributed by atoms with Crippen molar-refractivity contribution in [2.75, 3.05) is 6.54 Å². The van der Waals surface area contributed by atoms with Crippen molar-refractivity contribution in [2.45, 2.75) is 31.8 Å². The molecule has 0 aliphatic carbocycles. The smallest absolute Gasteiger partial charge is 0.282 e. The predicted octanol–water partition coefficient (Wildman–Crippen LogP) is 0.754. The van der Waals surface area contributed by atoms with E-state index in [0.717, 1.165) is 19.4 Å². The third-order valence-electron chi connectivity index (χ3n) is 2.53. The maximum atomic E-state index is 11.3. The van der Waals surface area contributed by atoms with Crippen molar-refractivity contribution in [1.82, 2.24) is 10.1 Å². The Morgan fingerprint density at radius 3 is 3.15 bits per heavy atom. The highest BCUT2D eigenvalue weighted by molar-refractivity contribution is 4.83. The molecule has 2 rings (SSSR count). The molecule has 1 aromatic rings. The van der Waals surface area contributed by atoms with Crippen molar-refractivity contribution >= 4 is 0 Å². The van der Waals surface area contributed by atoms with E-state index in [1.54, 1.807) is 0 Å². The first-order valence-corrected chi connectivity index (χ1v) is 4.67. The molecule has 2 heterocycles. The van der Waals surface area contributed by atoms with Gasteiger partial charge in [0.05, 0.1) is 6.04 Å². The van der Waals surface area contributed by atoms with E-state index in [4.69, 9.17) is 4.52 Å². The van der Waals surface area contributed by atoms with Crippen molar-refractivity contribution in [3.05, 3.63) is 22.7 Å². The third-order valence-corrected chi connectivity index (χ3v) is 2.53. The van der Waals surface area contributed by atoms with Crippen LogP contribution >= 0.6 is 0 Å². The molecule has 1 saturated heterocycles. The van der Waals surface area contributed by atoms with E-state index in [1.807, 2.05) is 0 Å². The number of hydrogen-bond donors (Lipinski definition) is 1. The second kappa shape index (κ2) is 3.38. The van der Waals surface area contributed by atoms with Crippen LogP contribution in [0.4, 0.5) is 0 Å². The molecule has 1 N–H and O–H groups in total. The Kier molecular flexibility index (Phi) is 2.22. The fourth-order valence-corrected chi connectivity index (χ4v) is 1.86. The molecule has 0 amide bonds. The number of hydrogen-bond acceptors (Lipinski definition) is 3. The summed E-state index contributed by atoms with van der Waals surface area (Å²) in [5, 5.41) is 3.34. The topological polar surface area (TPSA) is 47.2 Å². The zero-order valence-corrected chi connectivity index (χ0v) is 7.69. The van der Waals surface area contributed by atoms with Gasteiger partial charge in [-0.25, -0.2) is 0 Å². The molecule has 1 aliphatic heterocycles. The lowest BCUT2D eigenvalue weighted by Gasteiger charge is -2.27. The zero-order valence-electron chi connectivity index (χ0n) is 7.69. The normalized spacial score (nSPS) is 29.0. The van der Waals surface area contributed by atoms with Gasteiger partial charge in [0.1, 0.15) is 6.26 Å². The standard InChI is InChI=1S/C9H14N2O2/c1-7-6-8(2-4-10-7)11-9(12)3-5-13-11/h3,5,7-8,10H,2,4,6H2,1H3/t7-,8+/m1/s1. The molecule has 0 radical (unpaired) electrons. The minimum atomic E-state index is -0.0286. The summed E-state index contributed by atoms with van der Waals surface area (Å²) in [6.07, 6.45) is 3.39. The summed E-state index contributed by atoms with van der Waals surface area (Å²) in [6, 6.07) is 2.17. The Morgan fingerprint density at radius 1 is 1.69 bits per heavy atom. The highest BCUT2D eigenvalue weighted by Gasteiger charge is 2.21.